The van der Waals surface area contributed by atoms with Crippen LogP contribution in [-0.4, -0.2) is 19.9 Å². The van der Waals surface area contributed by atoms with Gasteiger partial charge in [0.1, 0.15) is 17.9 Å². The molecule has 1 aromatic carbocycles. The van der Waals surface area contributed by atoms with E-state index < -0.39 is 0 Å². The highest BCUT2D eigenvalue weighted by Crippen LogP contribution is 2.31. The summed E-state index contributed by atoms with van der Waals surface area (Å²) in [5.41, 5.74) is 7.39. The van der Waals surface area contributed by atoms with Crippen LogP contribution in [0.5, 0.6) is 5.75 Å². The number of aromatic hydroxyl groups is 1. The van der Waals surface area contributed by atoms with Crippen LogP contribution in [0.1, 0.15) is 49.2 Å². The second kappa shape index (κ2) is 5.63. The van der Waals surface area contributed by atoms with Crippen molar-refractivity contribution in [2.75, 3.05) is 0 Å². The van der Waals surface area contributed by atoms with Crippen LogP contribution in [0.2, 0.25) is 0 Å². The van der Waals surface area contributed by atoms with Gasteiger partial charge in [0, 0.05) is 6.04 Å². The van der Waals surface area contributed by atoms with E-state index in [-0.39, 0.29) is 11.8 Å². The Labute approximate surface area is 118 Å². The Morgan fingerprint density at radius 1 is 1.25 bits per heavy atom. The van der Waals surface area contributed by atoms with Crippen LogP contribution in [0.25, 0.3) is 0 Å². The minimum atomic E-state index is -0.164. The zero-order chi connectivity index (χ0) is 13.9. The molecule has 5 heteroatoms. The van der Waals surface area contributed by atoms with Crippen molar-refractivity contribution in [3.05, 3.63) is 42.0 Å². The standard InChI is InChI=1S/C15H20N4O/c16-14(9-11-5-7-13(20)8-6-11)15-18-17-10-19(15)12-3-1-2-4-12/h5-8,10,12,14,20H,1-4,9,16H2/t14-/m0/s1. The lowest BCUT2D eigenvalue weighted by atomic mass is 10.1. The first-order chi connectivity index (χ1) is 9.74. The number of aromatic nitrogens is 3. The lowest BCUT2D eigenvalue weighted by Crippen LogP contribution is -2.20. The predicted octanol–water partition coefficient (Wildman–Crippen LogP) is 2.34. The minimum Gasteiger partial charge on any atom is -0.508 e. The van der Waals surface area contributed by atoms with Crippen molar-refractivity contribution in [2.45, 2.75) is 44.2 Å². The quantitative estimate of drug-likeness (QED) is 0.895. The second-order valence-electron chi connectivity index (χ2n) is 5.51. The number of benzene rings is 1. The van der Waals surface area contributed by atoms with Gasteiger partial charge in [0.2, 0.25) is 0 Å². The van der Waals surface area contributed by atoms with Crippen molar-refractivity contribution in [3.63, 3.8) is 0 Å². The van der Waals surface area contributed by atoms with Crippen LogP contribution >= 0.6 is 0 Å². The van der Waals surface area contributed by atoms with Crippen LogP contribution in [-0.2, 0) is 6.42 Å². The average molecular weight is 272 g/mol. The summed E-state index contributed by atoms with van der Waals surface area (Å²) in [6, 6.07) is 7.50. The number of rotatable bonds is 4. The number of phenolic OH excluding ortho intramolecular Hbond substituents is 1. The third-order valence-corrected chi connectivity index (χ3v) is 4.04. The van der Waals surface area contributed by atoms with E-state index in [0.29, 0.717) is 12.5 Å². The van der Waals surface area contributed by atoms with Crippen LogP contribution < -0.4 is 5.73 Å². The maximum atomic E-state index is 9.30. The molecule has 3 N–H and O–H groups in total. The van der Waals surface area contributed by atoms with Crippen molar-refractivity contribution in [2.24, 2.45) is 5.73 Å². The molecule has 0 saturated heterocycles. The van der Waals surface area contributed by atoms with Gasteiger partial charge in [0.25, 0.3) is 0 Å². The Morgan fingerprint density at radius 3 is 2.65 bits per heavy atom. The zero-order valence-electron chi connectivity index (χ0n) is 11.4. The summed E-state index contributed by atoms with van der Waals surface area (Å²) in [5.74, 6) is 1.14. The maximum Gasteiger partial charge on any atom is 0.150 e. The van der Waals surface area contributed by atoms with Crippen LogP contribution in [0.15, 0.2) is 30.6 Å². The zero-order valence-corrected chi connectivity index (χ0v) is 11.4. The van der Waals surface area contributed by atoms with Crippen molar-refractivity contribution in [1.82, 2.24) is 14.8 Å². The molecule has 1 aliphatic rings. The van der Waals surface area contributed by atoms with E-state index in [0.717, 1.165) is 11.4 Å². The first kappa shape index (κ1) is 13.1. The Balaban J connectivity index is 1.75. The van der Waals surface area contributed by atoms with E-state index in [1.165, 1.54) is 25.7 Å². The molecule has 5 nitrogen and oxygen atoms in total. The molecule has 106 valence electrons. The minimum absolute atomic E-state index is 0.164. The van der Waals surface area contributed by atoms with Gasteiger partial charge >= 0.3 is 0 Å². The number of nitrogens with two attached hydrogens (primary N) is 1. The SMILES string of the molecule is N[C@@H](Cc1ccc(O)cc1)c1nncn1C1CCCC1. The Hall–Kier alpha value is -1.88. The number of phenols is 1. The van der Waals surface area contributed by atoms with E-state index in [1.807, 2.05) is 18.5 Å². The van der Waals surface area contributed by atoms with Crippen molar-refractivity contribution >= 4 is 0 Å². The van der Waals surface area contributed by atoms with Gasteiger partial charge in [-0.25, -0.2) is 0 Å². The molecule has 2 aromatic rings. The number of nitrogens with zero attached hydrogens (tertiary/aromatic N) is 3. The summed E-state index contributed by atoms with van der Waals surface area (Å²) < 4.78 is 2.15. The Bertz CT molecular complexity index is 558. The largest absolute Gasteiger partial charge is 0.508 e. The van der Waals surface area contributed by atoms with E-state index in [9.17, 15) is 5.11 Å². The van der Waals surface area contributed by atoms with Gasteiger partial charge < -0.3 is 15.4 Å². The Kier molecular flexibility index (Phi) is 3.69. The maximum absolute atomic E-state index is 9.30. The fraction of sp³-hybridized carbons (Fsp3) is 0.467. The molecule has 0 bridgehead atoms. The average Bonchev–Trinajstić information content (AvgIpc) is 3.11. The molecular weight excluding hydrogens is 252 g/mol. The van der Waals surface area contributed by atoms with E-state index in [4.69, 9.17) is 5.73 Å². The summed E-state index contributed by atoms with van der Waals surface area (Å²) in [6.45, 7) is 0. The fourth-order valence-corrected chi connectivity index (χ4v) is 2.96. The van der Waals surface area contributed by atoms with Gasteiger partial charge in [0.15, 0.2) is 0 Å². The number of hydrogen-bond acceptors (Lipinski definition) is 4. The van der Waals surface area contributed by atoms with Crippen LogP contribution in [0.3, 0.4) is 0 Å². The van der Waals surface area contributed by atoms with Gasteiger partial charge in [0.05, 0.1) is 6.04 Å². The molecule has 1 heterocycles. The molecule has 0 unspecified atom stereocenters. The third-order valence-electron chi connectivity index (χ3n) is 4.04. The summed E-state index contributed by atoms with van der Waals surface area (Å²) >= 11 is 0. The van der Waals surface area contributed by atoms with Gasteiger partial charge in [-0.2, -0.15) is 0 Å². The molecular formula is C15H20N4O. The highest BCUT2D eigenvalue weighted by atomic mass is 16.3. The monoisotopic (exact) mass is 272 g/mol. The van der Waals surface area contributed by atoms with Gasteiger partial charge in [-0.15, -0.1) is 10.2 Å². The lowest BCUT2D eigenvalue weighted by Gasteiger charge is -2.17. The first-order valence-electron chi connectivity index (χ1n) is 7.17. The van der Waals surface area contributed by atoms with Crippen LogP contribution in [0, 0.1) is 0 Å². The van der Waals surface area contributed by atoms with E-state index in [1.54, 1.807) is 12.1 Å². The lowest BCUT2D eigenvalue weighted by molar-refractivity contribution is 0.472. The molecule has 0 radical (unpaired) electrons. The Morgan fingerprint density at radius 2 is 1.95 bits per heavy atom. The van der Waals surface area contributed by atoms with Gasteiger partial charge in [-0.3, -0.25) is 0 Å². The highest BCUT2D eigenvalue weighted by molar-refractivity contribution is 5.26. The molecule has 3 rings (SSSR count). The summed E-state index contributed by atoms with van der Waals surface area (Å²) in [4.78, 5) is 0. The smallest absolute Gasteiger partial charge is 0.150 e. The number of hydrogen-bond donors (Lipinski definition) is 2. The normalized spacial score (nSPS) is 17.4. The first-order valence-corrected chi connectivity index (χ1v) is 7.17. The van der Waals surface area contributed by atoms with Crippen molar-refractivity contribution < 1.29 is 5.11 Å². The summed E-state index contributed by atoms with van der Waals surface area (Å²) in [6.07, 6.45) is 7.44. The fourth-order valence-electron chi connectivity index (χ4n) is 2.96. The molecule has 1 aliphatic carbocycles. The van der Waals surface area contributed by atoms with Crippen LogP contribution in [0.4, 0.5) is 0 Å². The summed E-state index contributed by atoms with van der Waals surface area (Å²) in [5, 5.41) is 17.6. The summed E-state index contributed by atoms with van der Waals surface area (Å²) in [7, 11) is 0. The predicted molar refractivity (Wildman–Crippen MR) is 76.3 cm³/mol. The van der Waals surface area contributed by atoms with E-state index in [2.05, 4.69) is 14.8 Å². The molecule has 1 fully saturated rings. The second-order valence-corrected chi connectivity index (χ2v) is 5.51. The molecule has 0 spiro atoms. The molecule has 1 atom stereocenters. The molecule has 0 aliphatic heterocycles. The highest BCUT2D eigenvalue weighted by Gasteiger charge is 2.22. The van der Waals surface area contributed by atoms with Gasteiger partial charge in [-0.05, 0) is 37.0 Å². The van der Waals surface area contributed by atoms with E-state index >= 15 is 0 Å². The topological polar surface area (TPSA) is 77.0 Å². The molecule has 20 heavy (non-hydrogen) atoms. The third kappa shape index (κ3) is 2.67. The van der Waals surface area contributed by atoms with Crippen molar-refractivity contribution in [3.8, 4) is 5.75 Å². The van der Waals surface area contributed by atoms with Gasteiger partial charge in [-0.1, -0.05) is 25.0 Å². The molecule has 1 aromatic heterocycles. The molecule has 1 saturated carbocycles. The van der Waals surface area contributed by atoms with Crippen molar-refractivity contribution in [1.29, 1.82) is 0 Å². The molecule has 0 amide bonds.